The summed E-state index contributed by atoms with van der Waals surface area (Å²) < 4.78 is 11.2. The third kappa shape index (κ3) is 4.75. The van der Waals surface area contributed by atoms with E-state index in [0.29, 0.717) is 0 Å². The van der Waals surface area contributed by atoms with Gasteiger partial charge in [-0.3, -0.25) is 9.59 Å². The number of aliphatic carboxylic acids is 1. The predicted molar refractivity (Wildman–Crippen MR) is 130 cm³/mol. The Hall–Kier alpha value is -3.39. The number of hydrogen-bond donors (Lipinski definition) is 2. The van der Waals surface area contributed by atoms with Gasteiger partial charge >= 0.3 is 12.1 Å². The number of carbonyl (C=O) groups excluding carboxylic acids is 2. The minimum absolute atomic E-state index is 0.0757. The number of alkyl carbamates (subject to hydrolysis) is 1. The molecule has 0 spiro atoms. The fourth-order valence-corrected chi connectivity index (χ4v) is 4.92. The van der Waals surface area contributed by atoms with Crippen LogP contribution in [0.25, 0.3) is 11.1 Å². The van der Waals surface area contributed by atoms with Crippen LogP contribution in [-0.4, -0.2) is 65.9 Å². The maximum atomic E-state index is 13.5. The van der Waals surface area contributed by atoms with Gasteiger partial charge in [0.05, 0.1) is 24.7 Å². The van der Waals surface area contributed by atoms with Crippen molar-refractivity contribution in [3.8, 4) is 11.1 Å². The lowest BCUT2D eigenvalue weighted by atomic mass is 9.82. The molecule has 2 aromatic rings. The molecular formula is C27H32N2O6. The van der Waals surface area contributed by atoms with Crippen molar-refractivity contribution < 1.29 is 29.0 Å². The molecule has 1 aliphatic heterocycles. The number of carboxylic acid groups (broad SMARTS) is 1. The highest BCUT2D eigenvalue weighted by atomic mass is 16.5. The molecule has 2 N–H and O–H groups in total. The number of benzene rings is 2. The molecule has 2 atom stereocenters. The lowest BCUT2D eigenvalue weighted by Gasteiger charge is -2.41. The van der Waals surface area contributed by atoms with Crippen molar-refractivity contribution in [3.63, 3.8) is 0 Å². The Balaban J connectivity index is 1.45. The lowest BCUT2D eigenvalue weighted by Crippen LogP contribution is -2.59. The normalized spacial score (nSPS) is 21.2. The number of fused-ring (bicyclic) bond motifs is 3. The molecular weight excluding hydrogens is 448 g/mol. The Morgan fingerprint density at radius 3 is 2.20 bits per heavy atom. The summed E-state index contributed by atoms with van der Waals surface area (Å²) in [4.78, 5) is 39.0. The van der Waals surface area contributed by atoms with Gasteiger partial charge in [-0.15, -0.1) is 0 Å². The highest BCUT2D eigenvalue weighted by molar-refractivity contribution is 5.88. The first kappa shape index (κ1) is 24.7. The summed E-state index contributed by atoms with van der Waals surface area (Å²) in [5.74, 6) is -1.56. The summed E-state index contributed by atoms with van der Waals surface area (Å²) in [7, 11) is 0. The van der Waals surface area contributed by atoms with Crippen LogP contribution in [0.4, 0.5) is 4.79 Å². The molecule has 0 radical (unpaired) electrons. The van der Waals surface area contributed by atoms with Crippen LogP contribution >= 0.6 is 0 Å². The van der Waals surface area contributed by atoms with Crippen molar-refractivity contribution in [2.45, 2.75) is 45.2 Å². The fourth-order valence-electron chi connectivity index (χ4n) is 4.92. The molecule has 8 heteroatoms. The summed E-state index contributed by atoms with van der Waals surface area (Å²) in [6.07, 6.45) is -0.637. The van der Waals surface area contributed by atoms with Gasteiger partial charge < -0.3 is 24.8 Å². The molecule has 1 heterocycles. The summed E-state index contributed by atoms with van der Waals surface area (Å²) in [6, 6.07) is 15.5. The molecule has 35 heavy (non-hydrogen) atoms. The minimum Gasteiger partial charge on any atom is -0.480 e. The number of nitrogens with zero attached hydrogens (tertiary/aromatic N) is 1. The van der Waals surface area contributed by atoms with E-state index in [4.69, 9.17) is 9.47 Å². The van der Waals surface area contributed by atoms with Crippen LogP contribution in [0.15, 0.2) is 48.5 Å². The van der Waals surface area contributed by atoms with Crippen LogP contribution in [0.3, 0.4) is 0 Å². The zero-order valence-electron chi connectivity index (χ0n) is 20.5. The zero-order valence-corrected chi connectivity index (χ0v) is 20.5. The molecule has 2 amide bonds. The summed E-state index contributed by atoms with van der Waals surface area (Å²) in [5, 5.41) is 12.1. The fraction of sp³-hybridized carbons (Fsp3) is 0.444. The summed E-state index contributed by atoms with van der Waals surface area (Å²) >= 11 is 0. The average Bonchev–Trinajstić information content (AvgIpc) is 3.33. The maximum Gasteiger partial charge on any atom is 0.407 e. The topological polar surface area (TPSA) is 105 Å². The Morgan fingerprint density at radius 1 is 1.09 bits per heavy atom. The molecule has 1 fully saturated rings. The molecule has 186 valence electrons. The van der Waals surface area contributed by atoms with Crippen molar-refractivity contribution in [1.29, 1.82) is 0 Å². The third-order valence-corrected chi connectivity index (χ3v) is 6.93. The molecule has 2 unspecified atom stereocenters. The first-order valence-corrected chi connectivity index (χ1v) is 11.8. The number of amides is 2. The second kappa shape index (κ2) is 9.34. The highest BCUT2D eigenvalue weighted by Crippen LogP contribution is 2.44. The van der Waals surface area contributed by atoms with E-state index in [1.54, 1.807) is 27.7 Å². The van der Waals surface area contributed by atoms with Crippen molar-refractivity contribution in [2.24, 2.45) is 5.41 Å². The molecule has 1 aliphatic carbocycles. The minimum atomic E-state index is -1.12. The number of carbonyl (C=O) groups is 3. The number of rotatable bonds is 6. The Labute approximate surface area is 205 Å². The third-order valence-electron chi connectivity index (χ3n) is 6.93. The molecule has 8 nitrogen and oxygen atoms in total. The maximum absolute atomic E-state index is 13.5. The molecule has 0 saturated carbocycles. The molecule has 2 aliphatic rings. The van der Waals surface area contributed by atoms with Crippen LogP contribution in [-0.2, 0) is 19.1 Å². The SMILES string of the molecule is CC1(C(=O)N(CC(=O)O)C(C)(C)C)COCC1NC(=O)OCC1c2ccccc2-c2ccccc21. The van der Waals surface area contributed by atoms with Gasteiger partial charge in [-0.05, 0) is 49.9 Å². The average molecular weight is 481 g/mol. The number of ether oxygens (including phenoxy) is 2. The lowest BCUT2D eigenvalue weighted by molar-refractivity contribution is -0.154. The second-order valence-electron chi connectivity index (χ2n) is 10.4. The van der Waals surface area contributed by atoms with Crippen LogP contribution in [0, 0.1) is 5.41 Å². The van der Waals surface area contributed by atoms with Crippen molar-refractivity contribution in [1.82, 2.24) is 10.2 Å². The largest absolute Gasteiger partial charge is 0.480 e. The van der Waals surface area contributed by atoms with E-state index in [9.17, 15) is 19.5 Å². The molecule has 0 aromatic heterocycles. The summed E-state index contributed by atoms with van der Waals surface area (Å²) in [5.41, 5.74) is 2.67. The van der Waals surface area contributed by atoms with Crippen LogP contribution in [0.5, 0.6) is 0 Å². The van der Waals surface area contributed by atoms with E-state index in [1.807, 2.05) is 36.4 Å². The Kier molecular flexibility index (Phi) is 6.60. The van der Waals surface area contributed by atoms with Gasteiger partial charge in [0.25, 0.3) is 0 Å². The molecule has 1 saturated heterocycles. The van der Waals surface area contributed by atoms with E-state index in [0.717, 1.165) is 22.3 Å². The van der Waals surface area contributed by atoms with Gasteiger partial charge in [0, 0.05) is 11.5 Å². The highest BCUT2D eigenvalue weighted by Gasteiger charge is 2.51. The van der Waals surface area contributed by atoms with E-state index in [-0.39, 0.29) is 31.6 Å². The first-order chi connectivity index (χ1) is 16.5. The number of hydrogen-bond acceptors (Lipinski definition) is 5. The van der Waals surface area contributed by atoms with Gasteiger partial charge in [-0.25, -0.2) is 4.79 Å². The molecule has 4 rings (SSSR count). The van der Waals surface area contributed by atoms with Gasteiger partial charge in [-0.1, -0.05) is 48.5 Å². The van der Waals surface area contributed by atoms with Gasteiger partial charge in [0.2, 0.25) is 5.91 Å². The van der Waals surface area contributed by atoms with E-state index in [1.165, 1.54) is 4.90 Å². The van der Waals surface area contributed by atoms with Crippen molar-refractivity contribution in [2.75, 3.05) is 26.4 Å². The summed E-state index contributed by atoms with van der Waals surface area (Å²) in [6.45, 7) is 6.96. The van der Waals surface area contributed by atoms with E-state index >= 15 is 0 Å². The standard InChI is InChI=1S/C27H32N2O6/c1-26(2,3)29(13-23(30)31)24(32)27(4)16-34-15-22(27)28-25(33)35-14-21-19-11-7-5-9-17(19)18-10-6-8-12-20(18)21/h5-12,21-22H,13-16H2,1-4H3,(H,28,33)(H,30,31). The quantitative estimate of drug-likeness (QED) is 0.654. The van der Waals surface area contributed by atoms with Gasteiger partial charge in [-0.2, -0.15) is 0 Å². The number of carboxylic acids is 1. The van der Waals surface area contributed by atoms with Gasteiger partial charge in [0.1, 0.15) is 13.2 Å². The predicted octanol–water partition coefficient (Wildman–Crippen LogP) is 3.64. The van der Waals surface area contributed by atoms with Crippen molar-refractivity contribution in [3.05, 3.63) is 59.7 Å². The van der Waals surface area contributed by atoms with E-state index in [2.05, 4.69) is 17.4 Å². The van der Waals surface area contributed by atoms with E-state index < -0.39 is 35.6 Å². The Bertz CT molecular complexity index is 1090. The van der Waals surface area contributed by atoms with Gasteiger partial charge in [0.15, 0.2) is 0 Å². The first-order valence-electron chi connectivity index (χ1n) is 11.8. The molecule has 0 bridgehead atoms. The van der Waals surface area contributed by atoms with Crippen molar-refractivity contribution >= 4 is 18.0 Å². The monoisotopic (exact) mass is 480 g/mol. The second-order valence-corrected chi connectivity index (χ2v) is 10.4. The number of nitrogens with one attached hydrogen (secondary N) is 1. The molecule has 2 aromatic carbocycles. The van der Waals surface area contributed by atoms with Crippen LogP contribution < -0.4 is 5.32 Å². The van der Waals surface area contributed by atoms with Crippen LogP contribution in [0.2, 0.25) is 0 Å². The smallest absolute Gasteiger partial charge is 0.407 e. The Morgan fingerprint density at radius 2 is 1.66 bits per heavy atom. The zero-order chi connectivity index (χ0) is 25.4. The van der Waals surface area contributed by atoms with Crippen LogP contribution in [0.1, 0.15) is 44.7 Å².